The SMILES string of the molecule is c1cc(CNc2ncnc3ccccc23)cc(-c2nc(-c3ccncc3)no2)c1. The molecule has 0 unspecified atom stereocenters. The minimum atomic E-state index is 0.478. The maximum atomic E-state index is 5.46. The van der Waals surface area contributed by atoms with Gasteiger partial charge in [-0.3, -0.25) is 4.98 Å². The number of benzene rings is 2. The normalized spacial score (nSPS) is 10.9. The molecule has 0 bridgehead atoms. The van der Waals surface area contributed by atoms with E-state index >= 15 is 0 Å². The molecule has 0 aliphatic heterocycles. The zero-order valence-electron chi connectivity index (χ0n) is 15.4. The molecule has 29 heavy (non-hydrogen) atoms. The summed E-state index contributed by atoms with van der Waals surface area (Å²) in [6.45, 7) is 0.611. The third-order valence-electron chi connectivity index (χ3n) is 4.54. The lowest BCUT2D eigenvalue weighted by Gasteiger charge is -2.08. The Bertz CT molecular complexity index is 1260. The summed E-state index contributed by atoms with van der Waals surface area (Å²) in [6.07, 6.45) is 4.98. The van der Waals surface area contributed by atoms with Crippen LogP contribution in [0.15, 0.2) is 83.9 Å². The lowest BCUT2D eigenvalue weighted by atomic mass is 10.1. The second-order valence-corrected chi connectivity index (χ2v) is 6.45. The number of fused-ring (bicyclic) bond motifs is 1. The van der Waals surface area contributed by atoms with Crippen molar-refractivity contribution in [3.63, 3.8) is 0 Å². The molecule has 2 aromatic carbocycles. The number of rotatable bonds is 5. The van der Waals surface area contributed by atoms with Crippen molar-refractivity contribution >= 4 is 16.7 Å². The van der Waals surface area contributed by atoms with Crippen LogP contribution in [0, 0.1) is 0 Å². The summed E-state index contributed by atoms with van der Waals surface area (Å²) in [5.41, 5.74) is 3.72. The van der Waals surface area contributed by atoms with Crippen molar-refractivity contribution in [1.29, 1.82) is 0 Å². The molecule has 1 N–H and O–H groups in total. The number of anilines is 1. The summed E-state index contributed by atoms with van der Waals surface area (Å²) < 4.78 is 5.46. The fraction of sp³-hybridized carbons (Fsp3) is 0.0455. The minimum Gasteiger partial charge on any atom is -0.365 e. The van der Waals surface area contributed by atoms with Crippen LogP contribution in [0.1, 0.15) is 5.56 Å². The largest absolute Gasteiger partial charge is 0.365 e. The molecule has 5 aromatic rings. The van der Waals surface area contributed by atoms with Crippen molar-refractivity contribution in [2.24, 2.45) is 0 Å². The first kappa shape index (κ1) is 17.0. The minimum absolute atomic E-state index is 0.478. The highest BCUT2D eigenvalue weighted by molar-refractivity contribution is 5.88. The van der Waals surface area contributed by atoms with E-state index < -0.39 is 0 Å². The van der Waals surface area contributed by atoms with Gasteiger partial charge in [-0.15, -0.1) is 0 Å². The summed E-state index contributed by atoms with van der Waals surface area (Å²) >= 11 is 0. The smallest absolute Gasteiger partial charge is 0.258 e. The van der Waals surface area contributed by atoms with Gasteiger partial charge in [-0.25, -0.2) is 9.97 Å². The summed E-state index contributed by atoms with van der Waals surface area (Å²) in [7, 11) is 0. The van der Waals surface area contributed by atoms with Crippen LogP contribution in [0.5, 0.6) is 0 Å². The Morgan fingerprint density at radius 2 is 1.76 bits per heavy atom. The van der Waals surface area contributed by atoms with Gasteiger partial charge in [-0.1, -0.05) is 29.4 Å². The topological polar surface area (TPSA) is 89.6 Å². The second-order valence-electron chi connectivity index (χ2n) is 6.45. The van der Waals surface area contributed by atoms with Crippen molar-refractivity contribution in [2.45, 2.75) is 6.54 Å². The van der Waals surface area contributed by atoms with Gasteiger partial charge in [-0.05, 0) is 42.0 Å². The predicted octanol–water partition coefficient (Wildman–Crippen LogP) is 4.35. The molecule has 7 nitrogen and oxygen atoms in total. The van der Waals surface area contributed by atoms with Gasteiger partial charge in [0.2, 0.25) is 5.82 Å². The molecule has 0 saturated carbocycles. The van der Waals surface area contributed by atoms with Gasteiger partial charge in [-0.2, -0.15) is 4.98 Å². The molecule has 0 fully saturated rings. The Hall–Kier alpha value is -4.13. The van der Waals surface area contributed by atoms with E-state index in [2.05, 4.69) is 30.4 Å². The zero-order chi connectivity index (χ0) is 19.5. The van der Waals surface area contributed by atoms with Crippen LogP contribution < -0.4 is 5.32 Å². The maximum absolute atomic E-state index is 5.46. The molecule has 0 radical (unpaired) electrons. The highest BCUT2D eigenvalue weighted by Gasteiger charge is 2.11. The van der Waals surface area contributed by atoms with Gasteiger partial charge >= 0.3 is 0 Å². The quantitative estimate of drug-likeness (QED) is 0.485. The van der Waals surface area contributed by atoms with Crippen LogP contribution in [-0.2, 0) is 6.54 Å². The molecule has 0 atom stereocenters. The molecule has 7 heteroatoms. The van der Waals surface area contributed by atoms with E-state index in [4.69, 9.17) is 4.52 Å². The van der Waals surface area contributed by atoms with Crippen molar-refractivity contribution in [1.82, 2.24) is 25.1 Å². The van der Waals surface area contributed by atoms with E-state index in [1.165, 1.54) is 0 Å². The molecular weight excluding hydrogens is 364 g/mol. The summed E-state index contributed by atoms with van der Waals surface area (Å²) in [4.78, 5) is 17.2. The average Bonchev–Trinajstić information content (AvgIpc) is 3.29. The van der Waals surface area contributed by atoms with Crippen molar-refractivity contribution in [3.8, 4) is 22.8 Å². The predicted molar refractivity (Wildman–Crippen MR) is 110 cm³/mol. The Morgan fingerprint density at radius 3 is 2.69 bits per heavy atom. The Balaban J connectivity index is 1.37. The lowest BCUT2D eigenvalue weighted by molar-refractivity contribution is 0.432. The summed E-state index contributed by atoms with van der Waals surface area (Å²) in [5, 5.41) is 8.45. The van der Waals surface area contributed by atoms with Crippen LogP contribution in [0.2, 0.25) is 0 Å². The summed E-state index contributed by atoms with van der Waals surface area (Å²) in [5.74, 6) is 1.82. The fourth-order valence-electron chi connectivity index (χ4n) is 3.10. The molecule has 0 aliphatic rings. The Kier molecular flexibility index (Phi) is 4.38. The number of hydrogen-bond acceptors (Lipinski definition) is 7. The molecule has 0 spiro atoms. The maximum Gasteiger partial charge on any atom is 0.258 e. The fourth-order valence-corrected chi connectivity index (χ4v) is 3.10. The van der Waals surface area contributed by atoms with Crippen molar-refractivity contribution < 1.29 is 4.52 Å². The Morgan fingerprint density at radius 1 is 0.862 bits per heavy atom. The lowest BCUT2D eigenvalue weighted by Crippen LogP contribution is -2.02. The van der Waals surface area contributed by atoms with E-state index in [1.807, 2.05) is 60.7 Å². The number of aromatic nitrogens is 5. The second kappa shape index (κ2) is 7.47. The van der Waals surface area contributed by atoms with E-state index in [0.29, 0.717) is 18.3 Å². The van der Waals surface area contributed by atoms with Gasteiger partial charge in [0, 0.05) is 35.5 Å². The average molecular weight is 380 g/mol. The monoisotopic (exact) mass is 380 g/mol. The van der Waals surface area contributed by atoms with Gasteiger partial charge in [0.1, 0.15) is 12.1 Å². The molecule has 0 aliphatic carbocycles. The van der Waals surface area contributed by atoms with Crippen molar-refractivity contribution in [3.05, 3.63) is 84.9 Å². The molecule has 3 heterocycles. The number of para-hydroxylation sites is 1. The molecule has 0 amide bonds. The van der Waals surface area contributed by atoms with Gasteiger partial charge in [0.15, 0.2) is 0 Å². The van der Waals surface area contributed by atoms with Crippen LogP contribution in [0.3, 0.4) is 0 Å². The van der Waals surface area contributed by atoms with E-state index in [9.17, 15) is 0 Å². The molecule has 140 valence electrons. The number of nitrogens with zero attached hydrogens (tertiary/aromatic N) is 5. The molecule has 5 rings (SSSR count). The summed E-state index contributed by atoms with van der Waals surface area (Å²) in [6, 6.07) is 19.6. The van der Waals surface area contributed by atoms with E-state index in [1.54, 1.807) is 18.7 Å². The standard InChI is InChI=1S/C22H16N6O/c1-2-7-19-18(6-1)21(26-14-25-19)24-13-15-4-3-5-17(12-15)22-27-20(28-29-22)16-8-10-23-11-9-16/h1-12,14H,13H2,(H,24,25,26). The third kappa shape index (κ3) is 3.53. The number of nitrogens with one attached hydrogen (secondary N) is 1. The van der Waals surface area contributed by atoms with Crippen LogP contribution in [0.4, 0.5) is 5.82 Å². The first-order chi connectivity index (χ1) is 14.4. The highest BCUT2D eigenvalue weighted by atomic mass is 16.5. The zero-order valence-corrected chi connectivity index (χ0v) is 15.4. The third-order valence-corrected chi connectivity index (χ3v) is 4.54. The number of pyridine rings is 1. The molecular formula is C22H16N6O. The van der Waals surface area contributed by atoms with Crippen LogP contribution in [0.25, 0.3) is 33.7 Å². The molecule has 0 saturated heterocycles. The van der Waals surface area contributed by atoms with Crippen molar-refractivity contribution in [2.75, 3.05) is 5.32 Å². The van der Waals surface area contributed by atoms with Gasteiger partial charge in [0.05, 0.1) is 5.52 Å². The van der Waals surface area contributed by atoms with E-state index in [-0.39, 0.29) is 0 Å². The van der Waals surface area contributed by atoms with Crippen LogP contribution >= 0.6 is 0 Å². The molecule has 3 aromatic heterocycles. The first-order valence-corrected chi connectivity index (χ1v) is 9.14. The number of hydrogen-bond donors (Lipinski definition) is 1. The highest BCUT2D eigenvalue weighted by Crippen LogP contribution is 2.24. The van der Waals surface area contributed by atoms with Gasteiger partial charge in [0.25, 0.3) is 5.89 Å². The Labute approximate surface area is 166 Å². The van der Waals surface area contributed by atoms with E-state index in [0.717, 1.165) is 33.4 Å². The first-order valence-electron chi connectivity index (χ1n) is 9.14. The van der Waals surface area contributed by atoms with Crippen LogP contribution in [-0.4, -0.2) is 25.1 Å². The van der Waals surface area contributed by atoms with Gasteiger partial charge < -0.3 is 9.84 Å².